The number of benzene rings is 1. The van der Waals surface area contributed by atoms with Gasteiger partial charge in [0, 0.05) is 31.1 Å². The van der Waals surface area contributed by atoms with Crippen molar-refractivity contribution in [3.05, 3.63) is 34.9 Å². The number of carbonyl (C=O) groups excluding carboxylic acids is 1. The summed E-state index contributed by atoms with van der Waals surface area (Å²) in [5.41, 5.74) is 6.69. The first kappa shape index (κ1) is 15.0. The molecule has 0 unspecified atom stereocenters. The number of nitrogens with zero attached hydrogens (tertiary/aromatic N) is 1. The number of nitrogens with two attached hydrogens (primary N) is 1. The summed E-state index contributed by atoms with van der Waals surface area (Å²) in [5.74, 6) is 0.192. The van der Waals surface area contributed by atoms with Crippen LogP contribution in [0.15, 0.2) is 24.3 Å². The zero-order valence-electron chi connectivity index (χ0n) is 10.9. The molecule has 1 amide bonds. The summed E-state index contributed by atoms with van der Waals surface area (Å²) in [6.45, 7) is 3.89. The molecule has 0 aliphatic rings. The summed E-state index contributed by atoms with van der Waals surface area (Å²) in [6.07, 6.45) is 2.35. The molecule has 0 aliphatic heterocycles. The maximum atomic E-state index is 11.9. The molecule has 100 valence electrons. The number of hydrogen-bond donors (Lipinski definition) is 1. The number of rotatable bonds is 7. The van der Waals surface area contributed by atoms with E-state index >= 15 is 0 Å². The van der Waals surface area contributed by atoms with Crippen molar-refractivity contribution in [2.24, 2.45) is 5.73 Å². The molecular formula is C14H21ClN2O. The second kappa shape index (κ2) is 8.11. The Morgan fingerprint density at radius 2 is 2.00 bits per heavy atom. The normalized spacial score (nSPS) is 10.4. The van der Waals surface area contributed by atoms with Crippen molar-refractivity contribution in [2.75, 3.05) is 19.6 Å². The first-order chi connectivity index (χ1) is 8.67. The minimum Gasteiger partial charge on any atom is -0.342 e. The van der Waals surface area contributed by atoms with Crippen LogP contribution in [0.5, 0.6) is 0 Å². The fraction of sp³-hybridized carbons (Fsp3) is 0.500. The van der Waals surface area contributed by atoms with E-state index < -0.39 is 0 Å². The smallest absolute Gasteiger partial charge is 0.222 e. The molecular weight excluding hydrogens is 248 g/mol. The largest absolute Gasteiger partial charge is 0.342 e. The van der Waals surface area contributed by atoms with Gasteiger partial charge in [0.25, 0.3) is 0 Å². The van der Waals surface area contributed by atoms with Gasteiger partial charge in [-0.3, -0.25) is 4.79 Å². The molecule has 1 rings (SSSR count). The van der Waals surface area contributed by atoms with Crippen LogP contribution >= 0.6 is 11.6 Å². The molecule has 0 aliphatic carbocycles. The molecule has 0 spiro atoms. The highest BCUT2D eigenvalue weighted by Crippen LogP contribution is 2.12. The van der Waals surface area contributed by atoms with Gasteiger partial charge in [-0.1, -0.05) is 23.7 Å². The number of halogens is 1. The van der Waals surface area contributed by atoms with E-state index in [0.29, 0.717) is 19.5 Å². The van der Waals surface area contributed by atoms with Crippen LogP contribution in [0.1, 0.15) is 25.3 Å². The first-order valence-corrected chi connectivity index (χ1v) is 6.77. The summed E-state index contributed by atoms with van der Waals surface area (Å²) in [5, 5.41) is 0.745. The topological polar surface area (TPSA) is 46.3 Å². The quantitative estimate of drug-likeness (QED) is 0.826. The highest BCUT2D eigenvalue weighted by Gasteiger charge is 2.09. The fourth-order valence-electron chi connectivity index (χ4n) is 1.87. The molecule has 0 atom stereocenters. The molecule has 1 aromatic rings. The third kappa shape index (κ3) is 5.07. The van der Waals surface area contributed by atoms with E-state index in [1.54, 1.807) is 0 Å². The van der Waals surface area contributed by atoms with E-state index in [9.17, 15) is 4.79 Å². The van der Waals surface area contributed by atoms with Gasteiger partial charge in [-0.2, -0.15) is 0 Å². The lowest BCUT2D eigenvalue weighted by atomic mass is 10.1. The van der Waals surface area contributed by atoms with Gasteiger partial charge >= 0.3 is 0 Å². The average Bonchev–Trinajstić information content (AvgIpc) is 2.38. The Balaban J connectivity index is 2.32. The van der Waals surface area contributed by atoms with Crippen LogP contribution in [0.3, 0.4) is 0 Å². The molecule has 0 aromatic heterocycles. The second-order valence-corrected chi connectivity index (χ2v) is 4.68. The number of carbonyl (C=O) groups is 1. The van der Waals surface area contributed by atoms with E-state index in [4.69, 9.17) is 17.3 Å². The van der Waals surface area contributed by atoms with E-state index in [-0.39, 0.29) is 5.91 Å². The number of likely N-dealkylation sites (N-methyl/N-ethyl adjacent to an activating group) is 1. The predicted molar refractivity (Wildman–Crippen MR) is 75.7 cm³/mol. The third-order valence-corrected chi connectivity index (χ3v) is 3.15. The van der Waals surface area contributed by atoms with Gasteiger partial charge in [0.2, 0.25) is 5.91 Å². The van der Waals surface area contributed by atoms with Crippen LogP contribution in [-0.2, 0) is 11.2 Å². The maximum Gasteiger partial charge on any atom is 0.222 e. The van der Waals surface area contributed by atoms with E-state index in [1.165, 1.54) is 5.56 Å². The summed E-state index contributed by atoms with van der Waals surface area (Å²) in [4.78, 5) is 13.7. The van der Waals surface area contributed by atoms with Gasteiger partial charge < -0.3 is 10.6 Å². The third-order valence-electron chi connectivity index (χ3n) is 2.90. The van der Waals surface area contributed by atoms with Crippen molar-refractivity contribution < 1.29 is 4.79 Å². The fourth-order valence-corrected chi connectivity index (χ4v) is 1.99. The molecule has 3 nitrogen and oxygen atoms in total. The summed E-state index contributed by atoms with van der Waals surface area (Å²) in [7, 11) is 0. The SMILES string of the molecule is CCN(CCN)C(=O)CCCc1ccc(Cl)cc1. The standard InChI is InChI=1S/C14H21ClN2O/c1-2-17(11-10-16)14(18)5-3-4-12-6-8-13(15)9-7-12/h6-9H,2-5,10-11,16H2,1H3. The Morgan fingerprint density at radius 3 is 2.56 bits per heavy atom. The van der Waals surface area contributed by atoms with E-state index in [2.05, 4.69) is 0 Å². The van der Waals surface area contributed by atoms with Crippen LogP contribution in [0.2, 0.25) is 5.02 Å². The Hall–Kier alpha value is -1.06. The average molecular weight is 269 g/mol. The van der Waals surface area contributed by atoms with Crippen molar-refractivity contribution in [3.63, 3.8) is 0 Å². The highest BCUT2D eigenvalue weighted by atomic mass is 35.5. The summed E-state index contributed by atoms with van der Waals surface area (Å²) < 4.78 is 0. The first-order valence-electron chi connectivity index (χ1n) is 6.39. The number of aryl methyl sites for hydroxylation is 1. The van der Waals surface area contributed by atoms with Gasteiger partial charge in [0.15, 0.2) is 0 Å². The number of amides is 1. The Kier molecular flexibility index (Phi) is 6.76. The van der Waals surface area contributed by atoms with Crippen LogP contribution in [0.4, 0.5) is 0 Å². The Labute approximate surface area is 114 Å². The second-order valence-electron chi connectivity index (χ2n) is 4.24. The molecule has 0 saturated carbocycles. The molecule has 0 bridgehead atoms. The molecule has 18 heavy (non-hydrogen) atoms. The van der Waals surface area contributed by atoms with Crippen molar-refractivity contribution >= 4 is 17.5 Å². The Bertz CT molecular complexity index is 365. The lowest BCUT2D eigenvalue weighted by Crippen LogP contribution is -2.35. The summed E-state index contributed by atoms with van der Waals surface area (Å²) >= 11 is 5.82. The minimum absolute atomic E-state index is 0.192. The van der Waals surface area contributed by atoms with Gasteiger partial charge in [-0.15, -0.1) is 0 Å². The van der Waals surface area contributed by atoms with Crippen LogP contribution in [0, 0.1) is 0 Å². The molecule has 2 N–H and O–H groups in total. The van der Waals surface area contributed by atoms with Crippen LogP contribution in [-0.4, -0.2) is 30.4 Å². The van der Waals surface area contributed by atoms with Crippen LogP contribution in [0.25, 0.3) is 0 Å². The monoisotopic (exact) mass is 268 g/mol. The molecule has 0 fully saturated rings. The lowest BCUT2D eigenvalue weighted by Gasteiger charge is -2.19. The van der Waals surface area contributed by atoms with Crippen molar-refractivity contribution in [2.45, 2.75) is 26.2 Å². The van der Waals surface area contributed by atoms with Gasteiger partial charge in [0.05, 0.1) is 0 Å². The van der Waals surface area contributed by atoms with Gasteiger partial charge in [0.1, 0.15) is 0 Å². The van der Waals surface area contributed by atoms with E-state index in [1.807, 2.05) is 36.1 Å². The molecule has 1 aromatic carbocycles. The van der Waals surface area contributed by atoms with Crippen LogP contribution < -0.4 is 5.73 Å². The zero-order valence-corrected chi connectivity index (χ0v) is 11.6. The molecule has 0 saturated heterocycles. The molecule has 0 radical (unpaired) electrons. The van der Waals surface area contributed by atoms with Gasteiger partial charge in [-0.25, -0.2) is 0 Å². The van der Waals surface area contributed by atoms with E-state index in [0.717, 1.165) is 24.4 Å². The van der Waals surface area contributed by atoms with Crippen molar-refractivity contribution in [3.8, 4) is 0 Å². The maximum absolute atomic E-state index is 11.9. The van der Waals surface area contributed by atoms with Crippen molar-refractivity contribution in [1.29, 1.82) is 0 Å². The van der Waals surface area contributed by atoms with Crippen molar-refractivity contribution in [1.82, 2.24) is 4.90 Å². The zero-order chi connectivity index (χ0) is 13.4. The lowest BCUT2D eigenvalue weighted by molar-refractivity contribution is -0.131. The minimum atomic E-state index is 0.192. The Morgan fingerprint density at radius 1 is 1.33 bits per heavy atom. The molecule has 4 heteroatoms. The highest BCUT2D eigenvalue weighted by molar-refractivity contribution is 6.30. The molecule has 0 heterocycles. The van der Waals surface area contributed by atoms with Gasteiger partial charge in [-0.05, 0) is 37.5 Å². The predicted octanol–water partition coefficient (Wildman–Crippen LogP) is 2.47. The number of hydrogen-bond acceptors (Lipinski definition) is 2. The summed E-state index contributed by atoms with van der Waals surface area (Å²) in [6, 6.07) is 7.77.